The van der Waals surface area contributed by atoms with Crippen molar-refractivity contribution in [3.8, 4) is 5.75 Å². The zero-order valence-corrected chi connectivity index (χ0v) is 17.2. The molecule has 0 unspecified atom stereocenters. The van der Waals surface area contributed by atoms with E-state index < -0.39 is 5.41 Å². The highest BCUT2D eigenvalue weighted by atomic mass is 16.5. The van der Waals surface area contributed by atoms with Crippen LogP contribution in [-0.2, 0) is 4.79 Å². The third-order valence-corrected chi connectivity index (χ3v) is 4.82. The molecule has 27 heavy (non-hydrogen) atoms. The third kappa shape index (κ3) is 5.52. The average Bonchev–Trinajstić information content (AvgIpc) is 2.70. The molecule has 7 heteroatoms. The summed E-state index contributed by atoms with van der Waals surface area (Å²) in [6.45, 7) is 10.8. The van der Waals surface area contributed by atoms with Crippen LogP contribution in [0.3, 0.4) is 0 Å². The first-order valence-corrected chi connectivity index (χ1v) is 9.55. The molecular weight excluding hydrogens is 342 g/mol. The number of rotatable bonds is 6. The fourth-order valence-corrected chi connectivity index (χ4v) is 3.08. The third-order valence-electron chi connectivity index (χ3n) is 4.82. The van der Waals surface area contributed by atoms with Gasteiger partial charge in [-0.25, -0.2) is 0 Å². The van der Waals surface area contributed by atoms with Gasteiger partial charge in [-0.15, -0.1) is 0 Å². The number of benzene rings is 1. The summed E-state index contributed by atoms with van der Waals surface area (Å²) >= 11 is 0. The molecule has 2 N–H and O–H groups in total. The molecule has 1 aromatic carbocycles. The van der Waals surface area contributed by atoms with Crippen molar-refractivity contribution in [3.05, 3.63) is 24.3 Å². The molecule has 2 rings (SSSR count). The molecular formula is C20H33N5O2. The van der Waals surface area contributed by atoms with E-state index in [0.29, 0.717) is 6.54 Å². The molecule has 0 radical (unpaired) electrons. The summed E-state index contributed by atoms with van der Waals surface area (Å²) in [5, 5.41) is 6.08. The first-order chi connectivity index (χ1) is 12.9. The van der Waals surface area contributed by atoms with Gasteiger partial charge in [0.1, 0.15) is 5.75 Å². The van der Waals surface area contributed by atoms with Crippen molar-refractivity contribution in [2.45, 2.75) is 20.8 Å². The number of anilines is 1. The first kappa shape index (κ1) is 20.9. The summed E-state index contributed by atoms with van der Waals surface area (Å²) in [6.07, 6.45) is 0. The topological polar surface area (TPSA) is 69.2 Å². The Balaban J connectivity index is 1.99. The SMILES string of the molecule is CCNC(=NCC(C)(C)C(=O)NC)N1CCN(c2ccc(OC)cc2)CC1. The highest BCUT2D eigenvalue weighted by Gasteiger charge is 2.27. The van der Waals surface area contributed by atoms with Gasteiger partial charge < -0.3 is 25.2 Å². The predicted molar refractivity (Wildman–Crippen MR) is 111 cm³/mol. The van der Waals surface area contributed by atoms with Gasteiger partial charge in [0.15, 0.2) is 5.96 Å². The van der Waals surface area contributed by atoms with Crippen LogP contribution in [0.25, 0.3) is 0 Å². The second-order valence-corrected chi connectivity index (χ2v) is 7.31. The Morgan fingerprint density at radius 2 is 1.81 bits per heavy atom. The molecule has 1 heterocycles. The van der Waals surface area contributed by atoms with Crippen molar-refractivity contribution in [1.29, 1.82) is 0 Å². The lowest BCUT2D eigenvalue weighted by Gasteiger charge is -2.38. The largest absolute Gasteiger partial charge is 0.497 e. The number of carbonyl (C=O) groups excluding carboxylic acids is 1. The number of amides is 1. The number of carbonyl (C=O) groups is 1. The van der Waals surface area contributed by atoms with Gasteiger partial charge in [-0.05, 0) is 45.0 Å². The van der Waals surface area contributed by atoms with E-state index in [9.17, 15) is 4.79 Å². The number of aliphatic imine (C=N–C) groups is 1. The van der Waals surface area contributed by atoms with E-state index >= 15 is 0 Å². The molecule has 1 amide bonds. The van der Waals surface area contributed by atoms with E-state index in [4.69, 9.17) is 9.73 Å². The van der Waals surface area contributed by atoms with Gasteiger partial charge >= 0.3 is 0 Å². The number of piperazine rings is 1. The smallest absolute Gasteiger partial charge is 0.227 e. The van der Waals surface area contributed by atoms with Gasteiger partial charge in [0.2, 0.25) is 5.91 Å². The lowest BCUT2D eigenvalue weighted by atomic mass is 9.93. The van der Waals surface area contributed by atoms with E-state index in [1.54, 1.807) is 14.2 Å². The van der Waals surface area contributed by atoms with Crippen molar-refractivity contribution >= 4 is 17.6 Å². The number of nitrogens with zero attached hydrogens (tertiary/aromatic N) is 3. The van der Waals surface area contributed by atoms with Crippen LogP contribution < -0.4 is 20.3 Å². The van der Waals surface area contributed by atoms with Crippen molar-refractivity contribution in [3.63, 3.8) is 0 Å². The van der Waals surface area contributed by atoms with Crippen LogP contribution in [0.2, 0.25) is 0 Å². The minimum absolute atomic E-state index is 0.00595. The maximum atomic E-state index is 12.0. The number of ether oxygens (including phenoxy) is 1. The summed E-state index contributed by atoms with van der Waals surface area (Å²) in [6, 6.07) is 8.18. The maximum Gasteiger partial charge on any atom is 0.227 e. The second kappa shape index (κ2) is 9.48. The average molecular weight is 376 g/mol. The zero-order valence-electron chi connectivity index (χ0n) is 17.2. The monoisotopic (exact) mass is 375 g/mol. The number of methoxy groups -OCH3 is 1. The first-order valence-electron chi connectivity index (χ1n) is 9.55. The fraction of sp³-hybridized carbons (Fsp3) is 0.600. The second-order valence-electron chi connectivity index (χ2n) is 7.31. The lowest BCUT2D eigenvalue weighted by Crippen LogP contribution is -2.53. The normalized spacial score (nSPS) is 15.5. The molecule has 0 atom stereocenters. The Morgan fingerprint density at radius 1 is 1.19 bits per heavy atom. The quantitative estimate of drug-likeness (QED) is 0.583. The maximum absolute atomic E-state index is 12.0. The highest BCUT2D eigenvalue weighted by molar-refractivity contribution is 5.83. The molecule has 1 aromatic rings. The van der Waals surface area contributed by atoms with Gasteiger partial charge in [0.05, 0.1) is 19.1 Å². The van der Waals surface area contributed by atoms with E-state index in [-0.39, 0.29) is 5.91 Å². The van der Waals surface area contributed by atoms with Crippen molar-refractivity contribution < 1.29 is 9.53 Å². The molecule has 0 aliphatic carbocycles. The summed E-state index contributed by atoms with van der Waals surface area (Å²) in [4.78, 5) is 21.4. The van der Waals surface area contributed by atoms with E-state index in [1.807, 2.05) is 26.0 Å². The molecule has 0 bridgehead atoms. The summed E-state index contributed by atoms with van der Waals surface area (Å²) in [5.41, 5.74) is 0.679. The van der Waals surface area contributed by atoms with Crippen molar-refractivity contribution in [1.82, 2.24) is 15.5 Å². The minimum Gasteiger partial charge on any atom is -0.497 e. The summed E-state index contributed by atoms with van der Waals surface area (Å²) < 4.78 is 5.23. The molecule has 1 saturated heterocycles. The van der Waals surface area contributed by atoms with Crippen LogP contribution in [0.1, 0.15) is 20.8 Å². The van der Waals surface area contributed by atoms with Gasteiger partial charge in [-0.3, -0.25) is 9.79 Å². The molecule has 0 saturated carbocycles. The van der Waals surface area contributed by atoms with Crippen LogP contribution in [0, 0.1) is 5.41 Å². The van der Waals surface area contributed by atoms with Crippen molar-refractivity contribution in [2.24, 2.45) is 10.4 Å². The number of hydrogen-bond acceptors (Lipinski definition) is 4. The molecule has 1 aliphatic rings. The Hall–Kier alpha value is -2.44. The van der Waals surface area contributed by atoms with Crippen LogP contribution in [0.5, 0.6) is 5.75 Å². The van der Waals surface area contributed by atoms with Gasteiger partial charge in [0, 0.05) is 45.5 Å². The van der Waals surface area contributed by atoms with Gasteiger partial charge in [-0.2, -0.15) is 0 Å². The lowest BCUT2D eigenvalue weighted by molar-refractivity contribution is -0.128. The molecule has 150 valence electrons. The summed E-state index contributed by atoms with van der Waals surface area (Å²) in [5.74, 6) is 1.76. The zero-order chi connectivity index (χ0) is 19.9. The van der Waals surface area contributed by atoms with Crippen molar-refractivity contribution in [2.75, 3.05) is 58.3 Å². The molecule has 0 aromatic heterocycles. The predicted octanol–water partition coefficient (Wildman–Crippen LogP) is 1.55. The summed E-state index contributed by atoms with van der Waals surface area (Å²) in [7, 11) is 3.35. The number of guanidine groups is 1. The molecule has 7 nitrogen and oxygen atoms in total. The minimum atomic E-state index is -0.527. The van der Waals surface area contributed by atoms with Crippen LogP contribution in [0.15, 0.2) is 29.3 Å². The van der Waals surface area contributed by atoms with E-state index in [1.165, 1.54) is 5.69 Å². The standard InChI is InChI=1S/C20H33N5O2/c1-6-22-19(23-15-20(2,3)18(26)21-4)25-13-11-24(12-14-25)16-7-9-17(27-5)10-8-16/h7-10H,6,11-15H2,1-5H3,(H,21,26)(H,22,23). The Kier molecular flexibility index (Phi) is 7.33. The Morgan fingerprint density at radius 3 is 2.33 bits per heavy atom. The van der Waals surface area contributed by atoms with Crippen LogP contribution in [-0.4, -0.2) is 70.2 Å². The number of nitrogens with one attached hydrogen (secondary N) is 2. The molecule has 0 spiro atoms. The van der Waals surface area contributed by atoms with E-state index in [0.717, 1.165) is 44.4 Å². The fourth-order valence-electron chi connectivity index (χ4n) is 3.08. The van der Waals surface area contributed by atoms with Crippen LogP contribution in [0.4, 0.5) is 5.69 Å². The Bertz CT molecular complexity index is 634. The van der Waals surface area contributed by atoms with Gasteiger partial charge in [0.25, 0.3) is 0 Å². The molecule has 1 fully saturated rings. The van der Waals surface area contributed by atoms with Crippen LogP contribution >= 0.6 is 0 Å². The Labute approximate surface area is 162 Å². The highest BCUT2D eigenvalue weighted by Crippen LogP contribution is 2.21. The number of hydrogen-bond donors (Lipinski definition) is 2. The van der Waals surface area contributed by atoms with E-state index in [2.05, 4.69) is 39.5 Å². The van der Waals surface area contributed by atoms with Gasteiger partial charge in [-0.1, -0.05) is 0 Å². The molecule has 1 aliphatic heterocycles.